The van der Waals surface area contributed by atoms with Crippen molar-refractivity contribution in [1.29, 1.82) is 0 Å². The van der Waals surface area contributed by atoms with E-state index in [1.807, 2.05) is 14.0 Å². The van der Waals surface area contributed by atoms with Gasteiger partial charge in [-0.2, -0.15) is 0 Å². The predicted molar refractivity (Wildman–Crippen MR) is 56.6 cm³/mol. The van der Waals surface area contributed by atoms with Gasteiger partial charge in [0, 0.05) is 19.6 Å². The summed E-state index contributed by atoms with van der Waals surface area (Å²) in [5, 5.41) is 3.25. The van der Waals surface area contributed by atoms with E-state index in [0.717, 1.165) is 19.3 Å². The summed E-state index contributed by atoms with van der Waals surface area (Å²) in [5.74, 6) is 5.99. The van der Waals surface area contributed by atoms with Gasteiger partial charge in [0.1, 0.15) is 0 Å². The van der Waals surface area contributed by atoms with Crippen LogP contribution in [0.5, 0.6) is 0 Å². The van der Waals surface area contributed by atoms with E-state index < -0.39 is 0 Å². The Labute approximate surface area is 82.1 Å². The van der Waals surface area contributed by atoms with Crippen LogP contribution in [0, 0.1) is 11.8 Å². The van der Waals surface area contributed by atoms with Crippen LogP contribution in [-0.4, -0.2) is 26.3 Å². The normalized spacial score (nSPS) is 14.5. The summed E-state index contributed by atoms with van der Waals surface area (Å²) in [7, 11) is 3.73. The maximum absolute atomic E-state index is 5.41. The molecule has 76 valence electrons. The molecule has 0 aromatic carbocycles. The smallest absolute Gasteiger partial charge is 0.0733 e. The van der Waals surface area contributed by atoms with Crippen LogP contribution >= 0.6 is 0 Å². The lowest BCUT2D eigenvalue weighted by Gasteiger charge is -2.23. The Balaban J connectivity index is 4.04. The SMILES string of the molecule is CC#CCC(NC)C(CCC)OC. The molecule has 0 aromatic rings. The standard InChI is InChI=1S/C11H21NO/c1-5-7-9-10(12-3)11(13-4)8-6-2/h10-12H,6,8-9H2,1-4H3. The van der Waals surface area contributed by atoms with Crippen molar-refractivity contribution in [2.75, 3.05) is 14.2 Å². The minimum absolute atomic E-state index is 0.288. The van der Waals surface area contributed by atoms with Crippen molar-refractivity contribution in [3.63, 3.8) is 0 Å². The van der Waals surface area contributed by atoms with E-state index >= 15 is 0 Å². The highest BCUT2D eigenvalue weighted by Crippen LogP contribution is 2.08. The summed E-state index contributed by atoms with van der Waals surface area (Å²) in [6.45, 7) is 4.04. The number of ether oxygens (including phenoxy) is 1. The first-order valence-electron chi connectivity index (χ1n) is 4.89. The fourth-order valence-electron chi connectivity index (χ4n) is 1.40. The highest BCUT2D eigenvalue weighted by molar-refractivity contribution is 4.99. The lowest BCUT2D eigenvalue weighted by molar-refractivity contribution is 0.0647. The average molecular weight is 183 g/mol. The van der Waals surface area contributed by atoms with Crippen LogP contribution in [0.2, 0.25) is 0 Å². The van der Waals surface area contributed by atoms with E-state index in [0.29, 0.717) is 6.04 Å². The molecule has 0 aliphatic rings. The highest BCUT2D eigenvalue weighted by Gasteiger charge is 2.17. The van der Waals surface area contributed by atoms with Gasteiger partial charge in [0.25, 0.3) is 0 Å². The second-order valence-corrected chi connectivity index (χ2v) is 3.09. The lowest BCUT2D eigenvalue weighted by atomic mass is 10.0. The third kappa shape index (κ3) is 4.92. The molecule has 0 amide bonds. The molecule has 0 bridgehead atoms. The van der Waals surface area contributed by atoms with Crippen LogP contribution < -0.4 is 5.32 Å². The molecule has 0 aromatic heterocycles. The fraction of sp³-hybridized carbons (Fsp3) is 0.818. The fourth-order valence-corrected chi connectivity index (χ4v) is 1.40. The number of hydrogen-bond donors (Lipinski definition) is 1. The average Bonchev–Trinajstić information content (AvgIpc) is 2.17. The third-order valence-electron chi connectivity index (χ3n) is 2.19. The van der Waals surface area contributed by atoms with Crippen molar-refractivity contribution in [3.8, 4) is 11.8 Å². The summed E-state index contributed by atoms with van der Waals surface area (Å²) in [5.41, 5.74) is 0. The van der Waals surface area contributed by atoms with Crippen molar-refractivity contribution in [2.45, 2.75) is 45.3 Å². The van der Waals surface area contributed by atoms with Crippen molar-refractivity contribution < 1.29 is 4.74 Å². The van der Waals surface area contributed by atoms with Gasteiger partial charge in [-0.25, -0.2) is 0 Å². The molecule has 0 rings (SSSR count). The summed E-state index contributed by atoms with van der Waals surface area (Å²) < 4.78 is 5.41. The van der Waals surface area contributed by atoms with Crippen molar-refractivity contribution in [3.05, 3.63) is 0 Å². The number of nitrogens with one attached hydrogen (secondary N) is 1. The maximum atomic E-state index is 5.41. The summed E-state index contributed by atoms with van der Waals surface area (Å²) in [6, 6.07) is 0.359. The van der Waals surface area contributed by atoms with Crippen LogP contribution in [0.25, 0.3) is 0 Å². The molecule has 0 saturated heterocycles. The number of methoxy groups -OCH3 is 1. The van der Waals surface area contributed by atoms with E-state index in [9.17, 15) is 0 Å². The quantitative estimate of drug-likeness (QED) is 0.634. The highest BCUT2D eigenvalue weighted by atomic mass is 16.5. The minimum Gasteiger partial charge on any atom is -0.380 e. The Morgan fingerprint density at radius 1 is 1.46 bits per heavy atom. The first kappa shape index (κ1) is 12.5. The molecule has 0 spiro atoms. The monoisotopic (exact) mass is 183 g/mol. The van der Waals surface area contributed by atoms with Crippen LogP contribution in [0.3, 0.4) is 0 Å². The molecule has 0 saturated carbocycles. The number of likely N-dealkylation sites (N-methyl/N-ethyl adjacent to an activating group) is 1. The molecule has 1 N–H and O–H groups in total. The van der Waals surface area contributed by atoms with Crippen molar-refractivity contribution in [2.24, 2.45) is 0 Å². The van der Waals surface area contributed by atoms with Gasteiger partial charge in [-0.1, -0.05) is 13.3 Å². The Kier molecular flexibility index (Phi) is 7.77. The first-order valence-corrected chi connectivity index (χ1v) is 4.89. The van der Waals surface area contributed by atoms with E-state index in [4.69, 9.17) is 4.74 Å². The summed E-state index contributed by atoms with van der Waals surface area (Å²) in [6.07, 6.45) is 3.39. The van der Waals surface area contributed by atoms with E-state index in [2.05, 4.69) is 24.1 Å². The van der Waals surface area contributed by atoms with E-state index in [1.165, 1.54) is 0 Å². The second-order valence-electron chi connectivity index (χ2n) is 3.09. The van der Waals surface area contributed by atoms with Gasteiger partial charge >= 0.3 is 0 Å². The molecule has 13 heavy (non-hydrogen) atoms. The molecule has 2 heteroatoms. The zero-order valence-electron chi connectivity index (χ0n) is 9.18. The molecule has 0 aliphatic heterocycles. The zero-order valence-corrected chi connectivity index (χ0v) is 9.18. The Hall–Kier alpha value is -0.520. The van der Waals surface area contributed by atoms with Gasteiger partial charge in [0.15, 0.2) is 0 Å². The van der Waals surface area contributed by atoms with Crippen LogP contribution in [-0.2, 0) is 4.74 Å². The van der Waals surface area contributed by atoms with Crippen LogP contribution in [0.15, 0.2) is 0 Å². The first-order chi connectivity index (χ1) is 6.29. The van der Waals surface area contributed by atoms with Gasteiger partial charge in [0.2, 0.25) is 0 Å². The van der Waals surface area contributed by atoms with Gasteiger partial charge in [-0.15, -0.1) is 11.8 Å². The Morgan fingerprint density at radius 3 is 2.54 bits per heavy atom. The minimum atomic E-state index is 0.288. The molecule has 2 atom stereocenters. The van der Waals surface area contributed by atoms with Gasteiger partial charge in [0.05, 0.1) is 6.10 Å². The van der Waals surface area contributed by atoms with Crippen molar-refractivity contribution in [1.82, 2.24) is 5.32 Å². The third-order valence-corrected chi connectivity index (χ3v) is 2.19. The Bertz CT molecular complexity index is 169. The second kappa shape index (κ2) is 8.10. The Morgan fingerprint density at radius 2 is 2.15 bits per heavy atom. The molecule has 0 fully saturated rings. The van der Waals surface area contributed by atoms with Crippen LogP contribution in [0.1, 0.15) is 33.1 Å². The van der Waals surface area contributed by atoms with Crippen molar-refractivity contribution >= 4 is 0 Å². The topological polar surface area (TPSA) is 21.3 Å². The molecule has 0 radical (unpaired) electrons. The predicted octanol–water partition coefficient (Wildman–Crippen LogP) is 1.80. The van der Waals surface area contributed by atoms with Gasteiger partial charge in [-0.3, -0.25) is 0 Å². The van der Waals surface area contributed by atoms with Gasteiger partial charge in [-0.05, 0) is 20.4 Å². The molecule has 2 unspecified atom stereocenters. The van der Waals surface area contributed by atoms with E-state index in [-0.39, 0.29) is 6.10 Å². The maximum Gasteiger partial charge on any atom is 0.0733 e. The lowest BCUT2D eigenvalue weighted by Crippen LogP contribution is -2.38. The molecular weight excluding hydrogens is 162 g/mol. The molecule has 2 nitrogen and oxygen atoms in total. The summed E-state index contributed by atoms with van der Waals surface area (Å²) >= 11 is 0. The molecule has 0 heterocycles. The summed E-state index contributed by atoms with van der Waals surface area (Å²) in [4.78, 5) is 0. The van der Waals surface area contributed by atoms with Gasteiger partial charge < -0.3 is 10.1 Å². The number of rotatable bonds is 6. The zero-order chi connectivity index (χ0) is 10.1. The largest absolute Gasteiger partial charge is 0.380 e. The van der Waals surface area contributed by atoms with Crippen LogP contribution in [0.4, 0.5) is 0 Å². The molecule has 0 aliphatic carbocycles. The van der Waals surface area contributed by atoms with E-state index in [1.54, 1.807) is 7.11 Å². The molecular formula is C11H21NO. The number of hydrogen-bond acceptors (Lipinski definition) is 2.